The first-order chi connectivity index (χ1) is 12.7. The summed E-state index contributed by atoms with van der Waals surface area (Å²) in [5, 5.41) is 6.07. The average molecular weight is 382 g/mol. The van der Waals surface area contributed by atoms with Gasteiger partial charge in [0.1, 0.15) is 11.5 Å². The number of pyridine rings is 3. The van der Waals surface area contributed by atoms with Gasteiger partial charge in [-0.15, -0.1) is 9.24 Å². The molecule has 0 aliphatic heterocycles. The minimum atomic E-state index is 0.639. The van der Waals surface area contributed by atoms with E-state index in [4.69, 9.17) is 11.6 Å². The lowest BCUT2D eigenvalue weighted by atomic mass is 10.1. The van der Waals surface area contributed by atoms with Gasteiger partial charge < -0.3 is 10.3 Å². The van der Waals surface area contributed by atoms with Gasteiger partial charge in [0.05, 0.1) is 5.02 Å². The molecule has 0 bridgehead atoms. The summed E-state index contributed by atoms with van der Waals surface area (Å²) in [6, 6.07) is 8.09. The molecule has 0 radical (unpaired) electrons. The summed E-state index contributed by atoms with van der Waals surface area (Å²) >= 11 is 6.06. The van der Waals surface area contributed by atoms with Gasteiger partial charge >= 0.3 is 0 Å². The fourth-order valence-corrected chi connectivity index (χ4v) is 3.29. The fourth-order valence-electron chi connectivity index (χ4n) is 2.83. The van der Waals surface area contributed by atoms with Crippen LogP contribution in [0.5, 0.6) is 0 Å². The number of nitrogens with zero attached hydrogens (tertiary/aromatic N) is 3. The van der Waals surface area contributed by atoms with Crippen molar-refractivity contribution in [1.29, 1.82) is 0 Å². The van der Waals surface area contributed by atoms with Crippen molar-refractivity contribution >= 4 is 43.0 Å². The van der Waals surface area contributed by atoms with Crippen LogP contribution in [0.3, 0.4) is 0 Å². The van der Waals surface area contributed by atoms with Gasteiger partial charge in [0.25, 0.3) is 0 Å². The van der Waals surface area contributed by atoms with E-state index < -0.39 is 0 Å². The van der Waals surface area contributed by atoms with Crippen LogP contribution < -0.4 is 10.6 Å². The molecule has 4 heterocycles. The van der Waals surface area contributed by atoms with Crippen molar-refractivity contribution in [2.75, 3.05) is 5.32 Å². The van der Waals surface area contributed by atoms with Crippen LogP contribution in [0.15, 0.2) is 55.2 Å². The molecule has 0 saturated carbocycles. The third-order valence-corrected chi connectivity index (χ3v) is 4.61. The molecular weight excluding hydrogens is 365 g/mol. The smallest absolute Gasteiger partial charge is 0.137 e. The van der Waals surface area contributed by atoms with E-state index in [0.29, 0.717) is 11.6 Å². The van der Waals surface area contributed by atoms with Crippen LogP contribution >= 0.6 is 20.8 Å². The molecule has 0 fully saturated rings. The summed E-state index contributed by atoms with van der Waals surface area (Å²) in [6.07, 6.45) is 9.95. The fraction of sp³-hybridized carbons (Fsp3) is 0.105. The van der Waals surface area contributed by atoms with Crippen LogP contribution in [0.25, 0.3) is 11.0 Å². The number of fused-ring (bicyclic) bond motifs is 1. The maximum absolute atomic E-state index is 6.06. The number of nitrogens with one attached hydrogen (secondary N) is 2. The van der Waals surface area contributed by atoms with E-state index in [1.165, 1.54) is 0 Å². The molecule has 4 aromatic rings. The lowest BCUT2D eigenvalue weighted by Gasteiger charge is -2.07. The van der Waals surface area contributed by atoms with Gasteiger partial charge in [-0.25, -0.2) is 9.97 Å². The van der Waals surface area contributed by atoms with Crippen molar-refractivity contribution in [2.45, 2.75) is 13.0 Å². The number of hydrogen-bond donors (Lipinski definition) is 2. The van der Waals surface area contributed by atoms with Gasteiger partial charge in [-0.05, 0) is 40.2 Å². The third-order valence-electron chi connectivity index (χ3n) is 4.09. The van der Waals surface area contributed by atoms with Crippen LogP contribution in [0, 0.1) is 0 Å². The minimum Gasteiger partial charge on any atom is -0.366 e. The Morgan fingerprint density at radius 1 is 1.04 bits per heavy atom. The first kappa shape index (κ1) is 17.0. The maximum atomic E-state index is 6.06. The Kier molecular flexibility index (Phi) is 4.83. The Labute approximate surface area is 158 Å². The highest BCUT2D eigenvalue weighted by molar-refractivity contribution is 7.27. The second-order valence-electron chi connectivity index (χ2n) is 6.07. The third kappa shape index (κ3) is 3.85. The molecule has 0 aliphatic rings. The molecular formula is C19H17ClN5P. The normalized spacial score (nSPS) is 11.0. The van der Waals surface area contributed by atoms with Crippen LogP contribution in [0.2, 0.25) is 5.02 Å². The van der Waals surface area contributed by atoms with Crippen LogP contribution in [0.4, 0.5) is 5.82 Å². The molecule has 1 atom stereocenters. The zero-order chi connectivity index (χ0) is 17.9. The summed E-state index contributed by atoms with van der Waals surface area (Å²) in [7, 11) is 2.66. The monoisotopic (exact) mass is 381 g/mol. The molecule has 4 rings (SSSR count). The van der Waals surface area contributed by atoms with Gasteiger partial charge in [0.15, 0.2) is 0 Å². The van der Waals surface area contributed by atoms with E-state index in [-0.39, 0.29) is 0 Å². The first-order valence-electron chi connectivity index (χ1n) is 8.17. The van der Waals surface area contributed by atoms with E-state index >= 15 is 0 Å². The van der Waals surface area contributed by atoms with Gasteiger partial charge in [-0.3, -0.25) is 4.98 Å². The molecule has 0 aromatic carbocycles. The predicted molar refractivity (Wildman–Crippen MR) is 109 cm³/mol. The van der Waals surface area contributed by atoms with Crippen molar-refractivity contribution in [3.05, 3.63) is 77.0 Å². The molecule has 130 valence electrons. The Bertz CT molecular complexity index is 1050. The lowest BCUT2D eigenvalue weighted by molar-refractivity contribution is 1.08. The van der Waals surface area contributed by atoms with Crippen molar-refractivity contribution in [3.63, 3.8) is 0 Å². The Hall–Kier alpha value is -2.49. The van der Waals surface area contributed by atoms with Crippen LogP contribution in [-0.2, 0) is 13.0 Å². The average Bonchev–Trinajstić information content (AvgIpc) is 3.03. The number of aromatic nitrogens is 4. The van der Waals surface area contributed by atoms with Gasteiger partial charge in [0, 0.05) is 49.3 Å². The molecule has 5 nitrogen and oxygen atoms in total. The van der Waals surface area contributed by atoms with Gasteiger partial charge in [-0.1, -0.05) is 17.7 Å². The quantitative estimate of drug-likeness (QED) is 0.517. The standard InChI is InChI=1S/C19H17ClN5P/c20-15-5-17-14(9-24-19(17)25-10-15)3-12-1-2-18(22-7-12)23-8-13-4-16(26)11-21-6-13/h1-2,4-7,9-11H,3,8,26H2,(H,22,23)(H,24,25). The first-order valence-corrected chi connectivity index (χ1v) is 9.12. The van der Waals surface area contributed by atoms with Crippen molar-refractivity contribution < 1.29 is 0 Å². The predicted octanol–water partition coefficient (Wildman–Crippen LogP) is 3.71. The zero-order valence-corrected chi connectivity index (χ0v) is 15.8. The largest absolute Gasteiger partial charge is 0.366 e. The van der Waals surface area contributed by atoms with Crippen LogP contribution in [-0.4, -0.2) is 19.9 Å². The SMILES string of the molecule is Pc1cncc(CNc2ccc(Cc3c[nH]c4ncc(Cl)cc34)cn2)c1. The number of aromatic amines is 1. The topological polar surface area (TPSA) is 66.5 Å². The van der Waals surface area contributed by atoms with Gasteiger partial charge in [-0.2, -0.15) is 0 Å². The summed E-state index contributed by atoms with van der Waals surface area (Å²) in [6.45, 7) is 0.689. The highest BCUT2D eigenvalue weighted by Gasteiger charge is 2.07. The van der Waals surface area contributed by atoms with Crippen LogP contribution in [0.1, 0.15) is 16.7 Å². The van der Waals surface area contributed by atoms with Gasteiger partial charge in [0.2, 0.25) is 0 Å². The number of halogens is 1. The summed E-state index contributed by atoms with van der Waals surface area (Å²) in [4.78, 5) is 16.2. The molecule has 0 spiro atoms. The lowest BCUT2D eigenvalue weighted by Crippen LogP contribution is -2.04. The number of anilines is 1. The zero-order valence-electron chi connectivity index (χ0n) is 13.9. The Morgan fingerprint density at radius 3 is 2.77 bits per heavy atom. The summed E-state index contributed by atoms with van der Waals surface area (Å²) < 4.78 is 0. The van der Waals surface area contributed by atoms with E-state index in [1.54, 1.807) is 6.20 Å². The molecule has 0 amide bonds. The molecule has 1 unspecified atom stereocenters. The molecule has 4 aromatic heterocycles. The number of rotatable bonds is 5. The maximum Gasteiger partial charge on any atom is 0.137 e. The second-order valence-corrected chi connectivity index (χ2v) is 7.18. The molecule has 0 aliphatic carbocycles. The molecule has 26 heavy (non-hydrogen) atoms. The summed E-state index contributed by atoms with van der Waals surface area (Å²) in [5.74, 6) is 0.839. The highest BCUT2D eigenvalue weighted by atomic mass is 35.5. The summed E-state index contributed by atoms with van der Waals surface area (Å²) in [5.41, 5.74) is 4.25. The van der Waals surface area contributed by atoms with Crippen molar-refractivity contribution in [1.82, 2.24) is 19.9 Å². The minimum absolute atomic E-state index is 0.639. The number of H-pyrrole nitrogens is 1. The van der Waals surface area contributed by atoms with E-state index in [2.05, 4.69) is 46.6 Å². The van der Waals surface area contributed by atoms with E-state index in [9.17, 15) is 0 Å². The highest BCUT2D eigenvalue weighted by Crippen LogP contribution is 2.22. The van der Waals surface area contributed by atoms with E-state index in [1.807, 2.05) is 36.9 Å². The molecule has 0 saturated heterocycles. The van der Waals surface area contributed by atoms with Crippen molar-refractivity contribution in [3.8, 4) is 0 Å². The molecule has 7 heteroatoms. The van der Waals surface area contributed by atoms with E-state index in [0.717, 1.165) is 45.3 Å². The Balaban J connectivity index is 1.44. The molecule has 2 N–H and O–H groups in total. The second kappa shape index (κ2) is 7.40. The Morgan fingerprint density at radius 2 is 1.96 bits per heavy atom. The van der Waals surface area contributed by atoms with Crippen molar-refractivity contribution in [2.24, 2.45) is 0 Å². The number of hydrogen-bond acceptors (Lipinski definition) is 4.